The van der Waals surface area contributed by atoms with Crippen LogP contribution in [0, 0.1) is 0 Å². The van der Waals surface area contributed by atoms with E-state index in [1.165, 1.54) is 23.4 Å². The Balaban J connectivity index is 1.53. The highest BCUT2D eigenvalue weighted by molar-refractivity contribution is 7.09. The predicted octanol–water partition coefficient (Wildman–Crippen LogP) is 3.50. The van der Waals surface area contributed by atoms with Gasteiger partial charge in [-0.1, -0.05) is 17.7 Å². The fraction of sp³-hybridized carbons (Fsp3) is 0.438. The van der Waals surface area contributed by atoms with Crippen molar-refractivity contribution < 1.29 is 0 Å². The van der Waals surface area contributed by atoms with Crippen molar-refractivity contribution in [2.24, 2.45) is 0 Å². The van der Waals surface area contributed by atoms with Crippen molar-refractivity contribution in [2.45, 2.75) is 19.5 Å². The molecule has 1 fully saturated rings. The van der Waals surface area contributed by atoms with E-state index in [9.17, 15) is 0 Å². The molecule has 0 saturated carbocycles. The van der Waals surface area contributed by atoms with Gasteiger partial charge in [-0.15, -0.1) is 11.3 Å². The van der Waals surface area contributed by atoms with Crippen molar-refractivity contribution in [3.63, 3.8) is 0 Å². The van der Waals surface area contributed by atoms with E-state index in [2.05, 4.69) is 38.4 Å². The van der Waals surface area contributed by atoms with Crippen molar-refractivity contribution in [3.8, 4) is 0 Å². The van der Waals surface area contributed by atoms with Gasteiger partial charge in [-0.05, 0) is 48.7 Å². The van der Waals surface area contributed by atoms with E-state index in [-0.39, 0.29) is 0 Å². The number of nitrogens with zero attached hydrogens (tertiary/aromatic N) is 3. The quantitative estimate of drug-likeness (QED) is 0.803. The lowest BCUT2D eigenvalue weighted by molar-refractivity contribution is 0.248. The van der Waals surface area contributed by atoms with Crippen LogP contribution in [0.1, 0.15) is 16.9 Å². The van der Waals surface area contributed by atoms with Crippen LogP contribution >= 0.6 is 22.9 Å². The smallest absolute Gasteiger partial charge is 0.129 e. The Labute approximate surface area is 135 Å². The second-order valence-corrected chi connectivity index (χ2v) is 6.89. The van der Waals surface area contributed by atoms with E-state index < -0.39 is 0 Å². The van der Waals surface area contributed by atoms with Crippen molar-refractivity contribution in [1.29, 1.82) is 0 Å². The first-order chi connectivity index (χ1) is 10.3. The topological polar surface area (TPSA) is 19.4 Å². The Morgan fingerprint density at radius 3 is 2.62 bits per heavy atom. The normalized spacial score (nSPS) is 17.8. The first-order valence-corrected chi connectivity index (χ1v) is 8.63. The summed E-state index contributed by atoms with van der Waals surface area (Å²) in [6.45, 7) is 6.65. The second kappa shape index (κ2) is 7.36. The van der Waals surface area contributed by atoms with Crippen LogP contribution in [0.4, 0.5) is 0 Å². The van der Waals surface area contributed by atoms with Gasteiger partial charge in [0.1, 0.15) is 5.15 Å². The molecular weight excluding hydrogens is 302 g/mol. The van der Waals surface area contributed by atoms with E-state index in [1.54, 1.807) is 6.20 Å². The molecule has 3 heterocycles. The lowest BCUT2D eigenvalue weighted by Gasteiger charge is -2.21. The fourth-order valence-corrected chi connectivity index (χ4v) is 3.71. The molecule has 0 amide bonds. The minimum atomic E-state index is 0.585. The Hall–Kier alpha value is -0.940. The summed E-state index contributed by atoms with van der Waals surface area (Å²) in [5.74, 6) is 0. The van der Waals surface area contributed by atoms with E-state index in [1.807, 2.05) is 17.4 Å². The Morgan fingerprint density at radius 1 is 1.10 bits per heavy atom. The first kappa shape index (κ1) is 15.0. The van der Waals surface area contributed by atoms with Crippen molar-refractivity contribution in [3.05, 3.63) is 51.4 Å². The van der Waals surface area contributed by atoms with Gasteiger partial charge in [0.2, 0.25) is 0 Å². The average molecular weight is 322 g/mol. The molecule has 0 spiro atoms. The number of thiophene rings is 1. The van der Waals surface area contributed by atoms with E-state index in [0.717, 1.165) is 32.7 Å². The molecule has 2 aromatic heterocycles. The van der Waals surface area contributed by atoms with E-state index >= 15 is 0 Å². The third-order valence-electron chi connectivity index (χ3n) is 3.84. The van der Waals surface area contributed by atoms with Gasteiger partial charge in [-0.25, -0.2) is 4.98 Å². The van der Waals surface area contributed by atoms with Crippen LogP contribution in [0.25, 0.3) is 0 Å². The maximum atomic E-state index is 5.96. The maximum absolute atomic E-state index is 5.96. The number of aromatic nitrogens is 1. The third-order valence-corrected chi connectivity index (χ3v) is 4.91. The van der Waals surface area contributed by atoms with Gasteiger partial charge in [-0.2, -0.15) is 0 Å². The van der Waals surface area contributed by atoms with Crippen LogP contribution in [0.15, 0.2) is 35.8 Å². The summed E-state index contributed by atoms with van der Waals surface area (Å²) in [6, 6.07) is 8.39. The minimum Gasteiger partial charge on any atom is -0.298 e. The number of hydrogen-bond acceptors (Lipinski definition) is 4. The lowest BCUT2D eigenvalue weighted by atomic mass is 10.2. The molecular formula is C16H20ClN3S. The molecule has 1 aliphatic rings. The number of halogens is 1. The molecule has 2 aromatic rings. The fourth-order valence-electron chi connectivity index (χ4n) is 2.76. The van der Waals surface area contributed by atoms with Crippen LogP contribution in [0.2, 0.25) is 5.15 Å². The number of pyridine rings is 1. The summed E-state index contributed by atoms with van der Waals surface area (Å²) in [7, 11) is 0. The second-order valence-electron chi connectivity index (χ2n) is 5.47. The van der Waals surface area contributed by atoms with Gasteiger partial charge in [0, 0.05) is 37.3 Å². The van der Waals surface area contributed by atoms with Crippen LogP contribution in [0.5, 0.6) is 0 Å². The van der Waals surface area contributed by atoms with Crippen LogP contribution in [0.3, 0.4) is 0 Å². The molecule has 0 unspecified atom stereocenters. The maximum Gasteiger partial charge on any atom is 0.129 e. The molecule has 3 nitrogen and oxygen atoms in total. The largest absolute Gasteiger partial charge is 0.298 e. The molecule has 0 atom stereocenters. The van der Waals surface area contributed by atoms with Crippen molar-refractivity contribution >= 4 is 22.9 Å². The molecule has 5 heteroatoms. The summed E-state index contributed by atoms with van der Waals surface area (Å²) in [5.41, 5.74) is 1.25. The average Bonchev–Trinajstić information content (AvgIpc) is 2.87. The summed E-state index contributed by atoms with van der Waals surface area (Å²) in [5, 5.41) is 2.74. The molecule has 21 heavy (non-hydrogen) atoms. The number of rotatable bonds is 4. The van der Waals surface area contributed by atoms with Gasteiger partial charge < -0.3 is 0 Å². The highest BCUT2D eigenvalue weighted by Gasteiger charge is 2.15. The summed E-state index contributed by atoms with van der Waals surface area (Å²) in [4.78, 5) is 10.6. The highest BCUT2D eigenvalue weighted by Crippen LogP contribution is 2.15. The van der Waals surface area contributed by atoms with Gasteiger partial charge >= 0.3 is 0 Å². The van der Waals surface area contributed by atoms with Gasteiger partial charge in [0.05, 0.1) is 0 Å². The lowest BCUT2D eigenvalue weighted by Crippen LogP contribution is -2.30. The van der Waals surface area contributed by atoms with Gasteiger partial charge in [0.15, 0.2) is 0 Å². The Kier molecular flexibility index (Phi) is 5.25. The summed E-state index contributed by atoms with van der Waals surface area (Å²) < 4.78 is 0. The van der Waals surface area contributed by atoms with Crippen LogP contribution in [-0.2, 0) is 13.1 Å². The zero-order valence-corrected chi connectivity index (χ0v) is 13.6. The molecule has 3 rings (SSSR count). The van der Waals surface area contributed by atoms with E-state index in [0.29, 0.717) is 5.15 Å². The standard InChI is InChI=1S/C16H20ClN3S/c17-16-11-14(4-5-18-16)12-19-6-2-7-20(9-8-19)13-15-3-1-10-21-15/h1,3-5,10-11H,2,6-9,12-13H2. The number of hydrogen-bond donors (Lipinski definition) is 0. The molecule has 0 aliphatic carbocycles. The van der Waals surface area contributed by atoms with Gasteiger partial charge in [-0.3, -0.25) is 9.80 Å². The SMILES string of the molecule is Clc1cc(CN2CCCN(Cc3cccs3)CC2)ccn1. The predicted molar refractivity (Wildman–Crippen MR) is 88.7 cm³/mol. The molecule has 0 radical (unpaired) electrons. The van der Waals surface area contributed by atoms with Gasteiger partial charge in [0.25, 0.3) is 0 Å². The Bertz CT molecular complexity index is 558. The monoisotopic (exact) mass is 321 g/mol. The van der Waals surface area contributed by atoms with Crippen LogP contribution < -0.4 is 0 Å². The third kappa shape index (κ3) is 4.51. The minimum absolute atomic E-state index is 0.585. The molecule has 1 saturated heterocycles. The molecule has 0 N–H and O–H groups in total. The van der Waals surface area contributed by atoms with Crippen molar-refractivity contribution in [1.82, 2.24) is 14.8 Å². The summed E-state index contributed by atoms with van der Waals surface area (Å²) in [6.07, 6.45) is 3.02. The molecule has 0 aromatic carbocycles. The first-order valence-electron chi connectivity index (χ1n) is 7.37. The van der Waals surface area contributed by atoms with Crippen molar-refractivity contribution in [2.75, 3.05) is 26.2 Å². The van der Waals surface area contributed by atoms with Crippen LogP contribution in [-0.4, -0.2) is 41.0 Å². The van der Waals surface area contributed by atoms with E-state index in [4.69, 9.17) is 11.6 Å². The molecule has 112 valence electrons. The molecule has 0 bridgehead atoms. The highest BCUT2D eigenvalue weighted by atomic mass is 35.5. The Morgan fingerprint density at radius 2 is 1.90 bits per heavy atom. The molecule has 1 aliphatic heterocycles. The zero-order valence-electron chi connectivity index (χ0n) is 12.0. The summed E-state index contributed by atoms with van der Waals surface area (Å²) >= 11 is 7.81. The zero-order chi connectivity index (χ0) is 14.5.